The molecule has 2 fully saturated rings. The molecule has 0 spiro atoms. The molecule has 1 saturated carbocycles. The van der Waals surface area contributed by atoms with E-state index in [2.05, 4.69) is 36.0 Å². The van der Waals surface area contributed by atoms with Crippen LogP contribution in [0.25, 0.3) is 22.3 Å². The fraction of sp³-hybridized carbons (Fsp3) is 0.429. The van der Waals surface area contributed by atoms with E-state index < -0.39 is 23.3 Å². The number of piperazine rings is 1. The van der Waals surface area contributed by atoms with Gasteiger partial charge in [-0.3, -0.25) is 14.4 Å². The number of halogens is 3. The lowest BCUT2D eigenvalue weighted by Gasteiger charge is -2.52. The van der Waals surface area contributed by atoms with Gasteiger partial charge >= 0.3 is 6.18 Å². The Bertz CT molecular complexity index is 1640. The summed E-state index contributed by atoms with van der Waals surface area (Å²) >= 11 is 0. The lowest BCUT2D eigenvalue weighted by atomic mass is 9.70. The Balaban J connectivity index is 1.11. The number of ether oxygens (including phenoxy) is 1. The van der Waals surface area contributed by atoms with Crippen LogP contribution < -0.4 is 0 Å². The molecule has 4 aromatic rings. The summed E-state index contributed by atoms with van der Waals surface area (Å²) < 4.78 is 47.0. The molecule has 1 amide bonds. The van der Waals surface area contributed by atoms with Gasteiger partial charge in [0.05, 0.1) is 36.5 Å². The fourth-order valence-corrected chi connectivity index (χ4v) is 5.99. The average molecular weight is 580 g/mol. The van der Waals surface area contributed by atoms with Gasteiger partial charge in [0, 0.05) is 62.7 Å². The van der Waals surface area contributed by atoms with Crippen molar-refractivity contribution in [2.24, 2.45) is 0 Å². The molecule has 0 bridgehead atoms. The maximum Gasteiger partial charge on any atom is 0.433 e. The molecule has 6 rings (SSSR count). The van der Waals surface area contributed by atoms with Gasteiger partial charge in [0.25, 0.3) is 5.91 Å². The molecule has 0 unspecified atom stereocenters. The second-order valence-electron chi connectivity index (χ2n) is 10.8. The molecular formula is C28H28F3N9O2. The maximum absolute atomic E-state index is 13.4. The van der Waals surface area contributed by atoms with E-state index in [0.717, 1.165) is 28.4 Å². The monoisotopic (exact) mass is 579 g/mol. The van der Waals surface area contributed by atoms with Crippen molar-refractivity contribution in [2.75, 3.05) is 33.3 Å². The number of methoxy groups -OCH3 is 1. The van der Waals surface area contributed by atoms with Crippen LogP contribution in [0.4, 0.5) is 13.2 Å². The van der Waals surface area contributed by atoms with Gasteiger partial charge in [-0.1, -0.05) is 0 Å². The number of amides is 1. The van der Waals surface area contributed by atoms with Crippen LogP contribution >= 0.6 is 0 Å². The minimum Gasteiger partial charge on any atom is -0.380 e. The zero-order valence-electron chi connectivity index (χ0n) is 22.8. The first-order chi connectivity index (χ1) is 20.2. The Kier molecular flexibility index (Phi) is 7.15. The molecule has 4 aromatic heterocycles. The molecule has 11 nitrogen and oxygen atoms in total. The summed E-state index contributed by atoms with van der Waals surface area (Å²) in [6.07, 6.45) is 4.06. The summed E-state index contributed by atoms with van der Waals surface area (Å²) in [5.41, 5.74) is 0.782. The van der Waals surface area contributed by atoms with E-state index in [9.17, 15) is 23.2 Å². The zero-order chi connectivity index (χ0) is 29.5. The second-order valence-corrected chi connectivity index (χ2v) is 10.8. The van der Waals surface area contributed by atoms with Crippen molar-refractivity contribution in [3.63, 3.8) is 0 Å². The fourth-order valence-electron chi connectivity index (χ4n) is 5.99. The van der Waals surface area contributed by atoms with Crippen molar-refractivity contribution >= 4 is 16.9 Å². The van der Waals surface area contributed by atoms with Crippen molar-refractivity contribution < 1.29 is 22.7 Å². The van der Waals surface area contributed by atoms with E-state index >= 15 is 0 Å². The summed E-state index contributed by atoms with van der Waals surface area (Å²) in [5, 5.41) is 15.1. The molecule has 218 valence electrons. The number of hydrogen-bond acceptors (Lipinski definition) is 8. The minimum atomic E-state index is -4.67. The van der Waals surface area contributed by atoms with Crippen LogP contribution in [0.15, 0.2) is 43.1 Å². The second kappa shape index (κ2) is 10.8. The summed E-state index contributed by atoms with van der Waals surface area (Å²) in [4.78, 5) is 32.3. The van der Waals surface area contributed by atoms with Crippen molar-refractivity contribution in [1.82, 2.24) is 39.5 Å². The van der Waals surface area contributed by atoms with E-state index in [0.29, 0.717) is 45.4 Å². The van der Waals surface area contributed by atoms with Crippen molar-refractivity contribution in [3.8, 4) is 17.3 Å². The Labute approximate surface area is 238 Å². The number of carbonyl (C=O) groups excluding carboxylic acids is 1. The molecule has 14 heteroatoms. The third kappa shape index (κ3) is 5.10. The average Bonchev–Trinajstić information content (AvgIpc) is 3.64. The highest BCUT2D eigenvalue weighted by Gasteiger charge is 2.49. The predicted molar refractivity (Wildman–Crippen MR) is 144 cm³/mol. The Hall–Kier alpha value is -4.35. The molecule has 0 radical (unpaired) electrons. The Morgan fingerprint density at radius 3 is 2.71 bits per heavy atom. The summed E-state index contributed by atoms with van der Waals surface area (Å²) in [6, 6.07) is 6.68. The first kappa shape index (κ1) is 27.8. The largest absolute Gasteiger partial charge is 0.433 e. The topological polar surface area (TPSA) is 129 Å². The number of H-pyrrole nitrogens is 1. The lowest BCUT2D eigenvalue weighted by Crippen LogP contribution is -2.60. The predicted octanol–water partition coefficient (Wildman–Crippen LogP) is 3.61. The molecule has 1 saturated heterocycles. The minimum absolute atomic E-state index is 0.0565. The van der Waals surface area contributed by atoms with Gasteiger partial charge in [-0.15, -0.1) is 0 Å². The van der Waals surface area contributed by atoms with Crippen molar-refractivity contribution in [2.45, 2.75) is 43.6 Å². The van der Waals surface area contributed by atoms with Crippen LogP contribution in [-0.2, 0) is 23.1 Å². The quantitative estimate of drug-likeness (QED) is 0.352. The standard InChI is InChI=1S/C28H28F3N9O2/c1-42-16-18-10-22(37-23(11-18)28(29,30)31)26(41)39-8-6-38(7-9-39)20-12-27(13-20,3-4-32)40-15-19(14-36-40)24-21-2-5-33-25(21)35-17-34-24/h2,5,10-11,14-15,17,20H,3,6-9,12-13,16H2,1H3,(H,33,34,35)/t20-,27+. The number of nitriles is 1. The van der Waals surface area contributed by atoms with E-state index in [-0.39, 0.29) is 23.9 Å². The Morgan fingerprint density at radius 1 is 1.21 bits per heavy atom. The van der Waals surface area contributed by atoms with Crippen molar-refractivity contribution in [1.29, 1.82) is 5.26 Å². The molecule has 1 aliphatic heterocycles. The van der Waals surface area contributed by atoms with Gasteiger partial charge in [-0.25, -0.2) is 15.0 Å². The summed E-state index contributed by atoms with van der Waals surface area (Å²) in [6.45, 7) is 1.81. The number of carbonyl (C=O) groups is 1. The Morgan fingerprint density at radius 2 is 2.00 bits per heavy atom. The van der Waals surface area contributed by atoms with Gasteiger partial charge in [0.15, 0.2) is 0 Å². The van der Waals surface area contributed by atoms with Crippen LogP contribution in [-0.4, -0.2) is 84.8 Å². The molecule has 0 atom stereocenters. The van der Waals surface area contributed by atoms with Gasteiger partial charge in [-0.2, -0.15) is 23.5 Å². The van der Waals surface area contributed by atoms with E-state index in [1.165, 1.54) is 19.5 Å². The smallest absolute Gasteiger partial charge is 0.380 e. The van der Waals surface area contributed by atoms with Crippen LogP contribution in [0.2, 0.25) is 0 Å². The molecule has 2 aliphatic rings. The lowest BCUT2D eigenvalue weighted by molar-refractivity contribution is -0.141. The molecule has 1 aliphatic carbocycles. The van der Waals surface area contributed by atoms with Gasteiger partial charge in [0.2, 0.25) is 0 Å². The van der Waals surface area contributed by atoms with Gasteiger partial charge < -0.3 is 14.6 Å². The first-order valence-electron chi connectivity index (χ1n) is 13.5. The number of fused-ring (bicyclic) bond motifs is 1. The number of aromatic amines is 1. The zero-order valence-corrected chi connectivity index (χ0v) is 22.8. The molecule has 0 aromatic carbocycles. The normalized spacial score (nSPS) is 21.3. The third-order valence-electron chi connectivity index (χ3n) is 8.16. The van der Waals surface area contributed by atoms with Crippen LogP contribution in [0.5, 0.6) is 0 Å². The first-order valence-corrected chi connectivity index (χ1v) is 13.5. The van der Waals surface area contributed by atoms with E-state index in [1.807, 2.05) is 23.1 Å². The van der Waals surface area contributed by atoms with E-state index in [4.69, 9.17) is 4.74 Å². The van der Waals surface area contributed by atoms with Gasteiger partial charge in [0.1, 0.15) is 23.4 Å². The van der Waals surface area contributed by atoms with Crippen LogP contribution in [0.1, 0.15) is 41.0 Å². The summed E-state index contributed by atoms with van der Waals surface area (Å²) in [5.74, 6) is -0.532. The van der Waals surface area contributed by atoms with Crippen LogP contribution in [0.3, 0.4) is 0 Å². The molecule has 1 N–H and O–H groups in total. The highest BCUT2D eigenvalue weighted by atomic mass is 19.4. The molecule has 42 heavy (non-hydrogen) atoms. The number of hydrogen-bond donors (Lipinski definition) is 1. The number of nitrogens with one attached hydrogen (secondary N) is 1. The third-order valence-corrected chi connectivity index (χ3v) is 8.16. The highest BCUT2D eigenvalue weighted by Crippen LogP contribution is 2.45. The van der Waals surface area contributed by atoms with E-state index in [1.54, 1.807) is 11.1 Å². The molecule has 5 heterocycles. The maximum atomic E-state index is 13.4. The number of nitrogens with zero attached hydrogens (tertiary/aromatic N) is 8. The number of aromatic nitrogens is 6. The molecular weight excluding hydrogens is 551 g/mol. The number of pyridine rings is 1. The highest BCUT2D eigenvalue weighted by molar-refractivity contribution is 5.92. The van der Waals surface area contributed by atoms with Crippen LogP contribution in [0, 0.1) is 11.3 Å². The summed E-state index contributed by atoms with van der Waals surface area (Å²) in [7, 11) is 1.38. The van der Waals surface area contributed by atoms with Crippen molar-refractivity contribution in [3.05, 3.63) is 60.1 Å². The number of rotatable bonds is 7. The SMILES string of the molecule is COCc1cc(C(=O)N2CCN([C@H]3C[C@@](CC#N)(n4cc(-c5ncnc6[nH]ccc56)cn4)C3)CC2)nc(C(F)(F)F)c1. The van der Waals surface area contributed by atoms with Gasteiger partial charge in [-0.05, 0) is 36.6 Å². The number of alkyl halides is 3.